The molecule has 8 aromatic rings. The Hall–Kier alpha value is -5.16. The first kappa shape index (κ1) is 20.8. The zero-order chi connectivity index (χ0) is 25.5. The summed E-state index contributed by atoms with van der Waals surface area (Å²) in [5.41, 5.74) is 9.89. The Balaban J connectivity index is 1.33. The second-order valence-corrected chi connectivity index (χ2v) is 10.2. The maximum absolute atomic E-state index is 6.60. The van der Waals surface area contributed by atoms with Gasteiger partial charge in [0, 0.05) is 56.3 Å². The van der Waals surface area contributed by atoms with Gasteiger partial charge < -0.3 is 13.6 Å². The number of furan rings is 1. The highest BCUT2D eigenvalue weighted by Crippen LogP contribution is 2.39. The highest BCUT2D eigenvalue weighted by atomic mass is 16.3. The SMILES string of the molecule is C1=Cc2c(n(-c3ccc4oc5c(-n6c7ccccc7c7ccncc76)cccc5c4c3)c3cnccc23)CC1. The third-order valence-corrected chi connectivity index (χ3v) is 8.18. The van der Waals surface area contributed by atoms with Crippen molar-refractivity contribution in [1.82, 2.24) is 19.1 Å². The average Bonchev–Trinajstić information content (AvgIpc) is 3.65. The topological polar surface area (TPSA) is 48.8 Å². The minimum absolute atomic E-state index is 0.875. The van der Waals surface area contributed by atoms with Gasteiger partial charge in [0.15, 0.2) is 5.58 Å². The summed E-state index contributed by atoms with van der Waals surface area (Å²) in [6.07, 6.45) is 14.2. The molecule has 0 radical (unpaired) electrons. The number of hydrogen-bond donors (Lipinski definition) is 0. The van der Waals surface area contributed by atoms with Crippen molar-refractivity contribution >= 4 is 60.7 Å². The van der Waals surface area contributed by atoms with Gasteiger partial charge in [-0.25, -0.2) is 0 Å². The first-order valence-corrected chi connectivity index (χ1v) is 13.3. The lowest BCUT2D eigenvalue weighted by Gasteiger charge is -2.13. The lowest BCUT2D eigenvalue weighted by atomic mass is 10.0. The molecule has 5 aromatic heterocycles. The van der Waals surface area contributed by atoms with E-state index in [1.165, 1.54) is 27.4 Å². The van der Waals surface area contributed by atoms with Crippen LogP contribution in [0.3, 0.4) is 0 Å². The van der Waals surface area contributed by atoms with Gasteiger partial charge in [0.2, 0.25) is 0 Å². The molecule has 1 aliphatic rings. The van der Waals surface area contributed by atoms with E-state index in [-0.39, 0.29) is 0 Å². The van der Waals surface area contributed by atoms with E-state index in [0.717, 1.165) is 62.7 Å². The van der Waals surface area contributed by atoms with E-state index in [1.54, 1.807) is 0 Å². The van der Waals surface area contributed by atoms with E-state index in [1.807, 2.05) is 24.8 Å². The Labute approximate surface area is 223 Å². The van der Waals surface area contributed by atoms with Gasteiger partial charge in [-0.2, -0.15) is 0 Å². The number of nitrogens with zero attached hydrogens (tertiary/aromatic N) is 4. The first-order chi connectivity index (χ1) is 19.4. The van der Waals surface area contributed by atoms with E-state index < -0.39 is 0 Å². The Morgan fingerprint density at radius 2 is 1.46 bits per heavy atom. The maximum atomic E-state index is 6.60. The van der Waals surface area contributed by atoms with Gasteiger partial charge in [-0.05, 0) is 55.3 Å². The van der Waals surface area contributed by atoms with Gasteiger partial charge in [-0.1, -0.05) is 42.5 Å². The summed E-state index contributed by atoms with van der Waals surface area (Å²) in [6.45, 7) is 0. The quantitative estimate of drug-likeness (QED) is 0.239. The largest absolute Gasteiger partial charge is 0.454 e. The lowest BCUT2D eigenvalue weighted by Crippen LogP contribution is -2.02. The number of allylic oxidation sites excluding steroid dienone is 1. The molecule has 1 aliphatic carbocycles. The Kier molecular flexibility index (Phi) is 4.11. The third-order valence-electron chi connectivity index (χ3n) is 8.18. The minimum Gasteiger partial charge on any atom is -0.454 e. The Morgan fingerprint density at radius 1 is 0.667 bits per heavy atom. The van der Waals surface area contributed by atoms with Crippen LogP contribution >= 0.6 is 0 Å². The number of pyridine rings is 2. The van der Waals surface area contributed by atoms with Gasteiger partial charge >= 0.3 is 0 Å². The summed E-state index contributed by atoms with van der Waals surface area (Å²) in [7, 11) is 0. The summed E-state index contributed by atoms with van der Waals surface area (Å²) in [5.74, 6) is 0. The standard InChI is InChI=1S/C34H22N4O/c1-3-9-28-22(6-1)24-14-16-35-19-31(24)37(28)21-12-13-33-27(18-21)26-8-5-11-30(34(26)39-33)38-29-10-4-2-7-23(29)25-15-17-36-20-32(25)38/h1-2,4-8,10-20H,3,9H2. The number of benzene rings is 3. The fourth-order valence-corrected chi connectivity index (χ4v) is 6.53. The summed E-state index contributed by atoms with van der Waals surface area (Å²) < 4.78 is 11.3. The van der Waals surface area contributed by atoms with E-state index in [9.17, 15) is 0 Å². The second kappa shape index (κ2) is 7.68. The molecule has 5 nitrogen and oxygen atoms in total. The molecular weight excluding hydrogens is 480 g/mol. The first-order valence-electron chi connectivity index (χ1n) is 13.3. The molecule has 0 bridgehead atoms. The third kappa shape index (κ3) is 2.79. The normalized spacial score (nSPS) is 13.3. The molecule has 0 atom stereocenters. The van der Waals surface area contributed by atoms with Gasteiger partial charge in [0.1, 0.15) is 5.58 Å². The molecule has 5 heteroatoms. The van der Waals surface area contributed by atoms with Crippen LogP contribution in [0.5, 0.6) is 0 Å². The van der Waals surface area contributed by atoms with Gasteiger partial charge in [0.25, 0.3) is 0 Å². The molecule has 3 aromatic carbocycles. The molecule has 0 aliphatic heterocycles. The molecule has 0 N–H and O–H groups in total. The van der Waals surface area contributed by atoms with Crippen molar-refractivity contribution in [1.29, 1.82) is 0 Å². The van der Waals surface area contributed by atoms with Crippen LogP contribution in [0.1, 0.15) is 17.7 Å². The lowest BCUT2D eigenvalue weighted by molar-refractivity contribution is 0.666. The van der Waals surface area contributed by atoms with Crippen LogP contribution in [-0.4, -0.2) is 19.1 Å². The van der Waals surface area contributed by atoms with E-state index in [2.05, 4.69) is 104 Å². The van der Waals surface area contributed by atoms with E-state index in [4.69, 9.17) is 4.42 Å². The number of para-hydroxylation sites is 2. The van der Waals surface area contributed by atoms with Crippen LogP contribution in [0.25, 0.3) is 72.1 Å². The van der Waals surface area contributed by atoms with Crippen LogP contribution in [0, 0.1) is 0 Å². The van der Waals surface area contributed by atoms with Crippen molar-refractivity contribution in [2.45, 2.75) is 12.8 Å². The molecule has 5 heterocycles. The summed E-state index contributed by atoms with van der Waals surface area (Å²) in [4.78, 5) is 8.92. The molecule has 0 saturated heterocycles. The fourth-order valence-electron chi connectivity index (χ4n) is 6.53. The molecule has 0 saturated carbocycles. The second-order valence-electron chi connectivity index (χ2n) is 10.2. The molecule has 39 heavy (non-hydrogen) atoms. The monoisotopic (exact) mass is 502 g/mol. The molecule has 0 spiro atoms. The zero-order valence-corrected chi connectivity index (χ0v) is 21.0. The van der Waals surface area contributed by atoms with Crippen molar-refractivity contribution in [3.63, 3.8) is 0 Å². The van der Waals surface area contributed by atoms with Gasteiger partial charge in [-0.15, -0.1) is 0 Å². The molecule has 9 rings (SSSR count). The van der Waals surface area contributed by atoms with Crippen molar-refractivity contribution in [3.05, 3.63) is 115 Å². The molecule has 184 valence electrons. The predicted molar refractivity (Wildman–Crippen MR) is 158 cm³/mol. The Morgan fingerprint density at radius 3 is 2.38 bits per heavy atom. The van der Waals surface area contributed by atoms with Gasteiger partial charge in [0.05, 0.1) is 34.6 Å². The molecular formula is C34H22N4O. The summed E-state index contributed by atoms with van der Waals surface area (Å²) in [5, 5.41) is 5.84. The zero-order valence-electron chi connectivity index (χ0n) is 21.0. The van der Waals surface area contributed by atoms with Crippen molar-refractivity contribution < 1.29 is 4.42 Å². The summed E-state index contributed by atoms with van der Waals surface area (Å²) >= 11 is 0. The van der Waals surface area contributed by atoms with Crippen LogP contribution in [-0.2, 0) is 6.42 Å². The van der Waals surface area contributed by atoms with Gasteiger partial charge in [-0.3, -0.25) is 9.97 Å². The molecule has 0 unspecified atom stereocenters. The molecule has 0 amide bonds. The summed E-state index contributed by atoms with van der Waals surface area (Å²) in [6, 6.07) is 25.7. The predicted octanol–water partition coefficient (Wildman–Crippen LogP) is 8.38. The molecule has 0 fully saturated rings. The number of hydrogen-bond acceptors (Lipinski definition) is 3. The van der Waals surface area contributed by atoms with Crippen LogP contribution < -0.4 is 0 Å². The smallest absolute Gasteiger partial charge is 0.159 e. The highest BCUT2D eigenvalue weighted by Gasteiger charge is 2.21. The van der Waals surface area contributed by atoms with E-state index in [0.29, 0.717) is 0 Å². The van der Waals surface area contributed by atoms with Crippen molar-refractivity contribution in [3.8, 4) is 11.4 Å². The van der Waals surface area contributed by atoms with Crippen molar-refractivity contribution in [2.75, 3.05) is 0 Å². The highest BCUT2D eigenvalue weighted by molar-refractivity contribution is 6.12. The van der Waals surface area contributed by atoms with E-state index >= 15 is 0 Å². The maximum Gasteiger partial charge on any atom is 0.159 e. The Bertz CT molecular complexity index is 2240. The number of rotatable bonds is 2. The van der Waals surface area contributed by atoms with Crippen LogP contribution in [0.15, 0.2) is 108 Å². The minimum atomic E-state index is 0.875. The number of aromatic nitrogens is 4. The van der Waals surface area contributed by atoms with Crippen molar-refractivity contribution in [2.24, 2.45) is 0 Å². The fraction of sp³-hybridized carbons (Fsp3) is 0.0588. The number of fused-ring (bicyclic) bond motifs is 9. The van der Waals surface area contributed by atoms with Crippen LogP contribution in [0.4, 0.5) is 0 Å². The van der Waals surface area contributed by atoms with Crippen LogP contribution in [0.2, 0.25) is 0 Å². The average molecular weight is 503 g/mol.